The van der Waals surface area contributed by atoms with E-state index in [2.05, 4.69) is 15.6 Å². The van der Waals surface area contributed by atoms with Crippen molar-refractivity contribution in [3.8, 4) is 0 Å². The molecule has 2 amide bonds. The summed E-state index contributed by atoms with van der Waals surface area (Å²) in [5.41, 5.74) is -1.08. The lowest BCUT2D eigenvalue weighted by Crippen LogP contribution is -2.73. The third kappa shape index (κ3) is 3.15. The predicted molar refractivity (Wildman–Crippen MR) is 104 cm³/mol. The van der Waals surface area contributed by atoms with E-state index in [1.807, 2.05) is 0 Å². The van der Waals surface area contributed by atoms with Gasteiger partial charge in [0.15, 0.2) is 6.10 Å². The summed E-state index contributed by atoms with van der Waals surface area (Å²) >= 11 is 0.828. The number of nitrogens with one attached hydrogen (secondary N) is 2. The summed E-state index contributed by atoms with van der Waals surface area (Å²) in [4.78, 5) is 30.8. The van der Waals surface area contributed by atoms with Crippen molar-refractivity contribution in [3.05, 3.63) is 28.3 Å². The number of pyridine rings is 1. The SMILES string of the molecule is CNC(=O)c1csc2c(C(F)(F)F)cc(C3N(C(=O)OC4COC4)CC34CNC4)nc12. The highest BCUT2D eigenvalue weighted by Gasteiger charge is 2.60. The molecule has 1 atom stereocenters. The molecule has 1 spiro atoms. The Hall–Kier alpha value is -2.44. The average Bonchev–Trinajstić information content (AvgIpc) is 3.04. The summed E-state index contributed by atoms with van der Waals surface area (Å²) in [5, 5.41) is 6.94. The van der Waals surface area contributed by atoms with Crippen molar-refractivity contribution in [2.45, 2.75) is 18.3 Å². The average molecular weight is 456 g/mol. The first-order chi connectivity index (χ1) is 14.7. The van der Waals surface area contributed by atoms with Gasteiger partial charge < -0.3 is 20.1 Å². The van der Waals surface area contributed by atoms with E-state index >= 15 is 0 Å². The molecule has 2 aromatic rings. The van der Waals surface area contributed by atoms with Crippen LogP contribution in [0.15, 0.2) is 11.4 Å². The molecule has 0 saturated carbocycles. The number of fused-ring (bicyclic) bond motifs is 1. The fraction of sp³-hybridized carbons (Fsp3) is 0.526. The van der Waals surface area contributed by atoms with Crippen LogP contribution in [-0.4, -0.2) is 67.9 Å². The number of amides is 2. The van der Waals surface area contributed by atoms with Gasteiger partial charge >= 0.3 is 12.3 Å². The highest BCUT2D eigenvalue weighted by molar-refractivity contribution is 7.17. The molecule has 1 unspecified atom stereocenters. The van der Waals surface area contributed by atoms with Crippen molar-refractivity contribution < 1.29 is 32.2 Å². The number of carbonyl (C=O) groups is 2. The zero-order valence-corrected chi connectivity index (χ0v) is 17.2. The quantitative estimate of drug-likeness (QED) is 0.736. The Balaban J connectivity index is 1.59. The van der Waals surface area contributed by atoms with E-state index in [1.54, 1.807) is 0 Å². The first-order valence-corrected chi connectivity index (χ1v) is 10.6. The normalized spacial score (nSPS) is 22.6. The van der Waals surface area contributed by atoms with Crippen molar-refractivity contribution in [3.63, 3.8) is 0 Å². The van der Waals surface area contributed by atoms with Crippen LogP contribution in [0.2, 0.25) is 0 Å². The molecule has 2 N–H and O–H groups in total. The van der Waals surface area contributed by atoms with E-state index in [0.717, 1.165) is 17.4 Å². The Morgan fingerprint density at radius 3 is 2.68 bits per heavy atom. The summed E-state index contributed by atoms with van der Waals surface area (Å²) in [6.07, 6.45) is -5.57. The molecule has 3 saturated heterocycles. The van der Waals surface area contributed by atoms with E-state index in [-0.39, 0.29) is 27.6 Å². The van der Waals surface area contributed by atoms with E-state index in [1.165, 1.54) is 17.3 Å². The number of hydrogen-bond acceptors (Lipinski definition) is 7. The fourth-order valence-electron chi connectivity index (χ4n) is 4.30. The Bertz CT molecular complexity index is 1060. The zero-order valence-electron chi connectivity index (χ0n) is 16.4. The number of alkyl halides is 3. The van der Waals surface area contributed by atoms with E-state index in [9.17, 15) is 22.8 Å². The highest BCUT2D eigenvalue weighted by Crippen LogP contribution is 2.52. The third-order valence-electron chi connectivity index (χ3n) is 6.04. The molecule has 5 heterocycles. The van der Waals surface area contributed by atoms with Crippen LogP contribution in [0, 0.1) is 5.41 Å². The minimum atomic E-state index is -4.63. The molecule has 3 aliphatic rings. The molecular weight excluding hydrogens is 437 g/mol. The van der Waals surface area contributed by atoms with Gasteiger partial charge in [-0.25, -0.2) is 9.78 Å². The van der Waals surface area contributed by atoms with Crippen molar-refractivity contribution in [2.75, 3.05) is 39.9 Å². The van der Waals surface area contributed by atoms with Gasteiger partial charge in [-0.3, -0.25) is 9.69 Å². The van der Waals surface area contributed by atoms with Crippen LogP contribution in [0.5, 0.6) is 0 Å². The van der Waals surface area contributed by atoms with Crippen LogP contribution in [0.1, 0.15) is 27.7 Å². The minimum Gasteiger partial charge on any atom is -0.441 e. The minimum absolute atomic E-state index is 0.00998. The molecule has 3 aliphatic heterocycles. The van der Waals surface area contributed by atoms with Crippen LogP contribution < -0.4 is 10.6 Å². The van der Waals surface area contributed by atoms with Gasteiger partial charge in [0.25, 0.3) is 5.91 Å². The lowest BCUT2D eigenvalue weighted by Gasteiger charge is -2.61. The lowest BCUT2D eigenvalue weighted by atomic mass is 9.65. The number of halogens is 3. The van der Waals surface area contributed by atoms with Gasteiger partial charge in [0.05, 0.1) is 46.3 Å². The third-order valence-corrected chi connectivity index (χ3v) is 7.04. The largest absolute Gasteiger partial charge is 0.441 e. The maximum atomic E-state index is 13.9. The van der Waals surface area contributed by atoms with Crippen LogP contribution in [0.3, 0.4) is 0 Å². The lowest BCUT2D eigenvalue weighted by molar-refractivity contribution is -0.140. The summed E-state index contributed by atoms with van der Waals surface area (Å²) < 4.78 is 52.0. The first kappa shape index (κ1) is 20.5. The van der Waals surface area contributed by atoms with E-state index in [4.69, 9.17) is 9.47 Å². The van der Waals surface area contributed by atoms with Crippen molar-refractivity contribution >= 4 is 33.6 Å². The van der Waals surface area contributed by atoms with Crippen LogP contribution in [0.25, 0.3) is 10.2 Å². The molecule has 166 valence electrons. The van der Waals surface area contributed by atoms with Gasteiger partial charge in [-0.05, 0) is 6.07 Å². The second-order valence-electron chi connectivity index (χ2n) is 8.04. The molecule has 5 rings (SSSR count). The Labute approximate surface area is 178 Å². The standard InChI is InChI=1S/C19H19F3N4O4S/c1-23-16(27)10-5-31-14-11(19(20,21)22)2-12(25-13(10)14)15-18(6-24-7-18)8-26(15)17(28)30-9-3-29-4-9/h2,5,9,15,24H,3-4,6-8H2,1H3,(H,23,27). The van der Waals surface area contributed by atoms with Gasteiger partial charge in [-0.2, -0.15) is 13.2 Å². The second-order valence-corrected chi connectivity index (χ2v) is 8.92. The molecule has 0 aliphatic carbocycles. The van der Waals surface area contributed by atoms with Crippen LogP contribution >= 0.6 is 11.3 Å². The Morgan fingerprint density at radius 2 is 2.13 bits per heavy atom. The number of nitrogens with zero attached hydrogens (tertiary/aromatic N) is 2. The van der Waals surface area contributed by atoms with Crippen molar-refractivity contribution in [1.82, 2.24) is 20.5 Å². The smallest absolute Gasteiger partial charge is 0.417 e. The predicted octanol–water partition coefficient (Wildman–Crippen LogP) is 2.16. The van der Waals surface area contributed by atoms with Gasteiger partial charge in [0.1, 0.15) is 0 Å². The van der Waals surface area contributed by atoms with Gasteiger partial charge in [-0.1, -0.05) is 0 Å². The Kier molecular flexibility index (Phi) is 4.65. The molecular formula is C19H19F3N4O4S. The molecule has 0 bridgehead atoms. The number of aromatic nitrogens is 1. The fourth-order valence-corrected chi connectivity index (χ4v) is 5.32. The maximum Gasteiger partial charge on any atom is 0.417 e. The molecule has 12 heteroatoms. The molecule has 3 fully saturated rings. The number of rotatable bonds is 3. The summed E-state index contributed by atoms with van der Waals surface area (Å²) in [6.45, 7) is 2.10. The Morgan fingerprint density at radius 1 is 1.39 bits per heavy atom. The number of ether oxygens (including phenoxy) is 2. The summed E-state index contributed by atoms with van der Waals surface area (Å²) in [7, 11) is 1.41. The maximum absolute atomic E-state index is 13.9. The number of thiophene rings is 1. The zero-order chi connectivity index (χ0) is 22.0. The number of carbonyl (C=O) groups excluding carboxylic acids is 2. The second kappa shape index (κ2) is 7.04. The highest BCUT2D eigenvalue weighted by atomic mass is 32.1. The molecule has 0 aromatic carbocycles. The van der Waals surface area contributed by atoms with Gasteiger partial charge in [0, 0.05) is 37.5 Å². The molecule has 8 nitrogen and oxygen atoms in total. The first-order valence-electron chi connectivity index (χ1n) is 9.71. The van der Waals surface area contributed by atoms with Crippen molar-refractivity contribution in [1.29, 1.82) is 0 Å². The molecule has 31 heavy (non-hydrogen) atoms. The monoisotopic (exact) mass is 456 g/mol. The number of likely N-dealkylation sites (tertiary alicyclic amines) is 1. The molecule has 0 radical (unpaired) electrons. The summed E-state index contributed by atoms with van der Waals surface area (Å²) in [5.74, 6) is -0.515. The van der Waals surface area contributed by atoms with Crippen LogP contribution in [0.4, 0.5) is 18.0 Å². The van der Waals surface area contributed by atoms with E-state index < -0.39 is 35.2 Å². The summed E-state index contributed by atoms with van der Waals surface area (Å²) in [6, 6.07) is 0.327. The van der Waals surface area contributed by atoms with Gasteiger partial charge in [0.2, 0.25) is 0 Å². The van der Waals surface area contributed by atoms with E-state index in [0.29, 0.717) is 32.8 Å². The topological polar surface area (TPSA) is 92.8 Å². The van der Waals surface area contributed by atoms with Crippen molar-refractivity contribution in [2.24, 2.45) is 5.41 Å². The van der Waals surface area contributed by atoms with Crippen LogP contribution in [-0.2, 0) is 15.7 Å². The number of hydrogen-bond donors (Lipinski definition) is 2. The van der Waals surface area contributed by atoms with Gasteiger partial charge in [-0.15, -0.1) is 11.3 Å². The molecule has 2 aromatic heterocycles.